The second kappa shape index (κ2) is 31.8. The van der Waals surface area contributed by atoms with E-state index in [4.69, 9.17) is 80.3 Å². The highest BCUT2D eigenvalue weighted by atomic mass is 35.5. The van der Waals surface area contributed by atoms with Crippen molar-refractivity contribution in [3.63, 3.8) is 0 Å². The normalized spacial score (nSPS) is 18.8. The molecule has 3 aliphatic heterocycles. The van der Waals surface area contributed by atoms with Crippen LogP contribution in [0.5, 0.6) is 23.1 Å². The van der Waals surface area contributed by atoms with Gasteiger partial charge in [0.25, 0.3) is 0 Å². The van der Waals surface area contributed by atoms with Crippen molar-refractivity contribution in [3.8, 4) is 44.7 Å². The minimum Gasteiger partial charge on any atom is -0.490 e. The average molecular weight is 1220 g/mol. The van der Waals surface area contributed by atoms with Crippen molar-refractivity contribution in [1.82, 2.24) is 29.7 Å². The van der Waals surface area contributed by atoms with Gasteiger partial charge in [-0.2, -0.15) is 0 Å². The molecule has 19 nitrogen and oxygen atoms in total. The van der Waals surface area contributed by atoms with Gasteiger partial charge in [0.05, 0.1) is 107 Å². The Morgan fingerprint density at radius 2 is 1.42 bits per heavy atom. The van der Waals surface area contributed by atoms with E-state index in [1.807, 2.05) is 19.9 Å². The van der Waals surface area contributed by atoms with Crippen LogP contribution in [-0.2, 0) is 51.0 Å². The van der Waals surface area contributed by atoms with Crippen LogP contribution in [0.3, 0.4) is 0 Å². The first kappa shape index (κ1) is 63.1. The summed E-state index contributed by atoms with van der Waals surface area (Å²) in [6.45, 7) is 14.0. The van der Waals surface area contributed by atoms with E-state index in [1.54, 1.807) is 43.6 Å². The van der Waals surface area contributed by atoms with Crippen LogP contribution in [0, 0.1) is 19.7 Å². The molecule has 10 rings (SSSR count). The summed E-state index contributed by atoms with van der Waals surface area (Å²) in [6.07, 6.45) is 4.53. The standard InChI is InChI=1S/C61H75Cl2FN6O13S/c1-39-51-40(2)55(63)56(54(39)62)82-48(35-70-19-17-69(3)18-20-70)37-80-47-13-14-49(43(33-47)34-50(61(71)72)83-59-53-52(51)57(84-60(53)67-38-66-59)41-5-9-44(64)10-6-41)81-36-45-15-16-65-58(68-45)42-7-11-46(12-8-42)79-32-31-78-30-29-77-28-27-76-26-25-75-24-23-74-22-21-73-4/h5-6,9-10,13-16,33,38,42,46,48,50H,7-8,11-12,17-32,34-37H2,1-4H3,(H,71,72)/t42-,46-,48-,50-/m1/s1. The largest absolute Gasteiger partial charge is 0.490 e. The maximum Gasteiger partial charge on any atom is 0.345 e. The summed E-state index contributed by atoms with van der Waals surface area (Å²) in [6, 6.07) is 13.3. The molecule has 0 amide bonds. The lowest BCUT2D eigenvalue weighted by molar-refractivity contribution is -0.145. The van der Waals surface area contributed by atoms with Gasteiger partial charge in [-0.25, -0.2) is 29.1 Å². The Kier molecular flexibility index (Phi) is 23.9. The van der Waals surface area contributed by atoms with Gasteiger partial charge in [-0.1, -0.05) is 35.3 Å². The number of hydrogen-bond acceptors (Lipinski definition) is 19. The minimum atomic E-state index is -1.47. The maximum absolute atomic E-state index is 14.5. The van der Waals surface area contributed by atoms with E-state index in [0.29, 0.717) is 167 Å². The van der Waals surface area contributed by atoms with Crippen molar-refractivity contribution in [1.29, 1.82) is 0 Å². The van der Waals surface area contributed by atoms with Crippen LogP contribution in [0.1, 0.15) is 59.8 Å². The zero-order valence-corrected chi connectivity index (χ0v) is 50.5. The van der Waals surface area contributed by atoms with Crippen LogP contribution < -0.4 is 18.9 Å². The predicted molar refractivity (Wildman–Crippen MR) is 317 cm³/mol. The molecule has 84 heavy (non-hydrogen) atoms. The SMILES string of the molecule is COCCOCCOCCOCCOCCOCCO[C@H]1CC[C@H](c2nccc(COc3ccc4cc3C[C@H](C(=O)O)Oc3ncnc5sc(-c6ccc(F)cc6)c(c35)-c3c(C)c(Cl)c(c(Cl)c3C)O[C@H](CN3CCN(C)CC3)CO4)n2)CC1. The molecule has 1 saturated carbocycles. The molecule has 0 spiro atoms. The first-order chi connectivity index (χ1) is 40.9. The lowest BCUT2D eigenvalue weighted by Crippen LogP contribution is -2.49. The highest BCUT2D eigenvalue weighted by Crippen LogP contribution is 2.53. The maximum atomic E-state index is 14.5. The Bertz CT molecular complexity index is 3050. The fourth-order valence-corrected chi connectivity index (χ4v) is 12.1. The number of likely N-dealkylation sites (N-methyl/N-ethyl adjacent to an activating group) is 1. The summed E-state index contributed by atoms with van der Waals surface area (Å²) >= 11 is 16.1. The molecule has 1 aliphatic carbocycles. The van der Waals surface area contributed by atoms with Gasteiger partial charge in [-0.15, -0.1) is 11.3 Å². The molecule has 0 radical (unpaired) electrons. The zero-order chi connectivity index (χ0) is 58.8. The second-order valence-electron chi connectivity index (χ2n) is 20.9. The van der Waals surface area contributed by atoms with Crippen LogP contribution in [0.4, 0.5) is 4.39 Å². The summed E-state index contributed by atoms with van der Waals surface area (Å²) in [4.78, 5) is 38.2. The first-order valence-electron chi connectivity index (χ1n) is 28.6. The quantitative estimate of drug-likeness (QED) is 0.0478. The molecular weight excluding hydrogens is 1150 g/mol. The summed E-state index contributed by atoms with van der Waals surface area (Å²) in [5, 5.41) is 12.0. The number of carbonyl (C=O) groups is 1. The van der Waals surface area contributed by atoms with Crippen LogP contribution in [-0.4, -0.2) is 192 Å². The number of methoxy groups -OCH3 is 1. The Morgan fingerprint density at radius 3 is 2.06 bits per heavy atom. The van der Waals surface area contributed by atoms with Crippen molar-refractivity contribution in [2.75, 3.05) is 133 Å². The van der Waals surface area contributed by atoms with Crippen LogP contribution in [0.25, 0.3) is 31.8 Å². The Balaban J connectivity index is 0.859. The Labute approximate surface area is 503 Å². The molecule has 1 N–H and O–H groups in total. The number of ether oxygens (including phenoxy) is 11. The van der Waals surface area contributed by atoms with Crippen LogP contribution >= 0.6 is 34.5 Å². The molecule has 23 heteroatoms. The van der Waals surface area contributed by atoms with Crippen molar-refractivity contribution < 1.29 is 66.4 Å². The molecule has 2 atom stereocenters. The number of aliphatic carboxylic acids is 1. The van der Waals surface area contributed by atoms with E-state index in [0.717, 1.165) is 57.7 Å². The molecule has 2 fully saturated rings. The number of fused-ring (bicyclic) bond motifs is 7. The number of halogens is 3. The third-order valence-corrected chi connectivity index (χ3v) is 17.1. The van der Waals surface area contributed by atoms with E-state index in [-0.39, 0.29) is 37.5 Å². The number of aromatic nitrogens is 4. The van der Waals surface area contributed by atoms with E-state index in [1.165, 1.54) is 29.8 Å². The van der Waals surface area contributed by atoms with E-state index in [2.05, 4.69) is 31.8 Å². The van der Waals surface area contributed by atoms with E-state index in [9.17, 15) is 14.3 Å². The molecule has 1 saturated heterocycles. The minimum absolute atomic E-state index is 0.0266. The summed E-state index contributed by atoms with van der Waals surface area (Å²) in [5.41, 5.74) is 4.43. The fraction of sp³-hybridized carbons (Fsp3) is 0.525. The molecule has 4 aliphatic rings. The Morgan fingerprint density at radius 1 is 0.774 bits per heavy atom. The number of rotatable bonds is 27. The number of carboxylic acid groups (broad SMARTS) is 1. The number of thiophene rings is 1. The van der Waals surface area contributed by atoms with Gasteiger partial charge in [0.1, 0.15) is 53.6 Å². The monoisotopic (exact) mass is 1220 g/mol. The van der Waals surface area contributed by atoms with Crippen LogP contribution in [0.15, 0.2) is 61.1 Å². The summed E-state index contributed by atoms with van der Waals surface area (Å²) in [5.74, 6) is 0.470. The van der Waals surface area contributed by atoms with E-state index < -0.39 is 24.0 Å². The molecule has 0 unspecified atom stereocenters. The van der Waals surface area contributed by atoms with Crippen LogP contribution in [0.2, 0.25) is 10.0 Å². The topological polar surface area (TPSA) is 197 Å². The molecule has 4 bridgehead atoms. The van der Waals surface area contributed by atoms with Gasteiger partial charge in [0.2, 0.25) is 12.0 Å². The van der Waals surface area contributed by atoms with Gasteiger partial charge in [-0.05, 0) is 105 Å². The summed E-state index contributed by atoms with van der Waals surface area (Å²) < 4.78 is 79.8. The number of piperazine rings is 1. The third-order valence-electron chi connectivity index (χ3n) is 15.0. The lowest BCUT2D eigenvalue weighted by Gasteiger charge is -2.35. The van der Waals surface area contributed by atoms with Gasteiger partial charge >= 0.3 is 5.97 Å². The van der Waals surface area contributed by atoms with Gasteiger partial charge in [-0.3, -0.25) is 4.90 Å². The first-order valence-corrected chi connectivity index (χ1v) is 30.2. The van der Waals surface area contributed by atoms with Gasteiger partial charge in [0.15, 0.2) is 5.75 Å². The van der Waals surface area contributed by atoms with Gasteiger partial charge < -0.3 is 62.1 Å². The number of benzene rings is 3. The molecular formula is C61H75Cl2FN6O13S. The molecule has 3 aromatic heterocycles. The third kappa shape index (κ3) is 17.2. The fourth-order valence-electron chi connectivity index (χ4n) is 10.4. The number of nitrogens with zero attached hydrogens (tertiary/aromatic N) is 6. The number of hydrogen-bond donors (Lipinski definition) is 1. The smallest absolute Gasteiger partial charge is 0.345 e. The van der Waals surface area contributed by atoms with Gasteiger partial charge in [0, 0.05) is 74.4 Å². The predicted octanol–water partition coefficient (Wildman–Crippen LogP) is 9.69. The highest BCUT2D eigenvalue weighted by Gasteiger charge is 2.33. The molecule has 454 valence electrons. The number of carboxylic acids is 1. The molecule has 6 heterocycles. The van der Waals surface area contributed by atoms with Crippen molar-refractivity contribution in [2.45, 2.75) is 76.8 Å². The average Bonchev–Trinajstić information content (AvgIpc) is 3.53. The van der Waals surface area contributed by atoms with Crippen molar-refractivity contribution >= 4 is 50.7 Å². The van der Waals surface area contributed by atoms with Crippen molar-refractivity contribution in [3.05, 3.63) is 105 Å². The lowest BCUT2D eigenvalue weighted by atomic mass is 9.87. The zero-order valence-electron chi connectivity index (χ0n) is 48.1. The molecule has 6 aromatic rings. The highest BCUT2D eigenvalue weighted by molar-refractivity contribution is 7.22. The van der Waals surface area contributed by atoms with E-state index >= 15 is 0 Å². The summed E-state index contributed by atoms with van der Waals surface area (Å²) in [7, 11) is 3.75. The Hall–Kier alpha value is -5.40. The molecule has 3 aromatic carbocycles. The second-order valence-corrected chi connectivity index (χ2v) is 22.7. The van der Waals surface area contributed by atoms with Crippen molar-refractivity contribution in [2.24, 2.45) is 0 Å².